The van der Waals surface area contributed by atoms with Crippen LogP contribution in [-0.4, -0.2) is 4.98 Å². The molecule has 11 rings (SSSR count). The molecule has 2 heteroatoms. The van der Waals surface area contributed by atoms with E-state index < -0.39 is 0 Å². The first-order valence-electron chi connectivity index (χ1n) is 16.5. The highest BCUT2D eigenvalue weighted by atomic mass is 16.3. The topological polar surface area (TPSA) is 28.9 Å². The molecule has 0 aliphatic carbocycles. The van der Waals surface area contributed by atoms with Gasteiger partial charge in [-0.25, -0.2) is 0 Å². The Bertz CT molecular complexity index is 3060. The number of H-pyrrole nitrogens is 1. The van der Waals surface area contributed by atoms with Crippen LogP contribution < -0.4 is 0 Å². The average Bonchev–Trinajstić information content (AvgIpc) is 3.73. The maximum Gasteiger partial charge on any atom is 0.143 e. The Morgan fingerprint density at radius 1 is 0.375 bits per heavy atom. The number of hydrogen-bond acceptors (Lipinski definition) is 1. The Morgan fingerprint density at radius 2 is 0.917 bits per heavy atom. The third-order valence-corrected chi connectivity index (χ3v) is 10.4. The highest BCUT2D eigenvalue weighted by Crippen LogP contribution is 2.47. The lowest BCUT2D eigenvalue weighted by molar-refractivity contribution is 0.673. The molecule has 0 fully saturated rings. The van der Waals surface area contributed by atoms with Crippen LogP contribution in [0.2, 0.25) is 0 Å². The minimum Gasteiger partial charge on any atom is -0.455 e. The minimum absolute atomic E-state index is 0.907. The van der Waals surface area contributed by atoms with Gasteiger partial charge in [-0.05, 0) is 72.6 Å². The zero-order valence-corrected chi connectivity index (χ0v) is 25.9. The number of aromatic nitrogens is 1. The van der Waals surface area contributed by atoms with Crippen molar-refractivity contribution in [2.45, 2.75) is 0 Å². The van der Waals surface area contributed by atoms with Gasteiger partial charge in [0.25, 0.3) is 0 Å². The predicted molar refractivity (Wildman–Crippen MR) is 204 cm³/mol. The van der Waals surface area contributed by atoms with Crippen molar-refractivity contribution in [2.24, 2.45) is 0 Å². The fourth-order valence-electron chi connectivity index (χ4n) is 8.37. The molecule has 0 aliphatic rings. The van der Waals surface area contributed by atoms with Crippen LogP contribution >= 0.6 is 0 Å². The molecule has 0 unspecified atom stereocenters. The summed E-state index contributed by atoms with van der Waals surface area (Å²) in [5.74, 6) is 0. The number of para-hydroxylation sites is 2. The van der Waals surface area contributed by atoms with E-state index in [9.17, 15) is 0 Å². The van der Waals surface area contributed by atoms with Gasteiger partial charge in [0.15, 0.2) is 0 Å². The molecule has 0 aliphatic heterocycles. The number of fused-ring (bicyclic) bond motifs is 13. The Labute approximate surface area is 275 Å². The van der Waals surface area contributed by atoms with Crippen molar-refractivity contribution in [3.05, 3.63) is 158 Å². The highest BCUT2D eigenvalue weighted by molar-refractivity contribution is 6.31. The second-order valence-electron chi connectivity index (χ2n) is 12.8. The third-order valence-electron chi connectivity index (χ3n) is 10.4. The van der Waals surface area contributed by atoms with Gasteiger partial charge in [-0.1, -0.05) is 140 Å². The second kappa shape index (κ2) is 9.57. The normalized spacial score (nSPS) is 12.2. The summed E-state index contributed by atoms with van der Waals surface area (Å²) in [4.78, 5) is 3.77. The maximum atomic E-state index is 6.83. The molecule has 48 heavy (non-hydrogen) atoms. The molecule has 2 nitrogen and oxygen atoms in total. The smallest absolute Gasteiger partial charge is 0.143 e. The molecular formula is C46H27NO. The minimum atomic E-state index is 0.907. The summed E-state index contributed by atoms with van der Waals surface area (Å²) >= 11 is 0. The van der Waals surface area contributed by atoms with Crippen LogP contribution in [0, 0.1) is 0 Å². The zero-order chi connectivity index (χ0) is 31.3. The third kappa shape index (κ3) is 3.41. The van der Waals surface area contributed by atoms with Crippen molar-refractivity contribution in [1.82, 2.24) is 4.98 Å². The molecule has 0 saturated heterocycles. The van der Waals surface area contributed by atoms with E-state index in [-0.39, 0.29) is 0 Å². The number of benzene rings is 9. The molecule has 0 radical (unpaired) electrons. The van der Waals surface area contributed by atoms with Crippen molar-refractivity contribution in [3.63, 3.8) is 0 Å². The largest absolute Gasteiger partial charge is 0.455 e. The fraction of sp³-hybridized carbons (Fsp3) is 0. The average molecular weight is 610 g/mol. The van der Waals surface area contributed by atoms with E-state index in [1.54, 1.807) is 0 Å². The van der Waals surface area contributed by atoms with Crippen LogP contribution in [0.15, 0.2) is 162 Å². The van der Waals surface area contributed by atoms with Crippen molar-refractivity contribution in [3.8, 4) is 22.3 Å². The summed E-state index contributed by atoms with van der Waals surface area (Å²) in [6.45, 7) is 0. The van der Waals surface area contributed by atoms with Gasteiger partial charge >= 0.3 is 0 Å². The van der Waals surface area contributed by atoms with Crippen molar-refractivity contribution in [1.29, 1.82) is 0 Å². The van der Waals surface area contributed by atoms with E-state index in [0.717, 1.165) is 33.0 Å². The summed E-state index contributed by atoms with van der Waals surface area (Å²) in [5.41, 5.74) is 9.04. The standard InChI is InChI=1S/C46H27NO/c1-3-15-31-28(12-1)29-13-2-8-20-37(29)46-44(31)38-25-24-27(26-41(38)48-46)42-32-16-4-6-18-34(32)43(35-19-7-5-17-33(35)42)39-22-11-21-36-30-14-9-10-23-40(30)47-45(36)39/h1-26,47H. The van der Waals surface area contributed by atoms with Crippen LogP contribution in [0.3, 0.4) is 0 Å². The highest BCUT2D eigenvalue weighted by Gasteiger charge is 2.21. The molecule has 1 N–H and O–H groups in total. The van der Waals surface area contributed by atoms with Crippen molar-refractivity contribution < 1.29 is 4.42 Å². The summed E-state index contributed by atoms with van der Waals surface area (Å²) < 4.78 is 6.83. The predicted octanol–water partition coefficient (Wildman–Crippen LogP) is 13.2. The van der Waals surface area contributed by atoms with Gasteiger partial charge in [0.2, 0.25) is 0 Å². The molecule has 0 bridgehead atoms. The lowest BCUT2D eigenvalue weighted by Crippen LogP contribution is -1.91. The van der Waals surface area contributed by atoms with Crippen LogP contribution in [0.5, 0.6) is 0 Å². The Morgan fingerprint density at radius 3 is 1.62 bits per heavy atom. The molecule has 11 aromatic rings. The quantitative estimate of drug-likeness (QED) is 0.153. The molecule has 0 spiro atoms. The van der Waals surface area contributed by atoms with Gasteiger partial charge in [-0.2, -0.15) is 0 Å². The second-order valence-corrected chi connectivity index (χ2v) is 12.8. The van der Waals surface area contributed by atoms with Crippen LogP contribution in [0.1, 0.15) is 0 Å². The Hall–Kier alpha value is -6.38. The van der Waals surface area contributed by atoms with E-state index in [1.807, 2.05) is 0 Å². The van der Waals surface area contributed by atoms with Crippen molar-refractivity contribution in [2.75, 3.05) is 0 Å². The number of furan rings is 1. The lowest BCUT2D eigenvalue weighted by atomic mass is 9.85. The number of rotatable bonds is 2. The zero-order valence-electron chi connectivity index (χ0n) is 25.9. The van der Waals surface area contributed by atoms with E-state index in [1.165, 1.54) is 76.1 Å². The molecule has 0 atom stereocenters. The molecule has 0 amide bonds. The first-order chi connectivity index (χ1) is 23.8. The van der Waals surface area contributed by atoms with Crippen LogP contribution in [0.25, 0.3) is 109 Å². The van der Waals surface area contributed by atoms with E-state index in [4.69, 9.17) is 4.42 Å². The first kappa shape index (κ1) is 25.8. The molecule has 2 heterocycles. The van der Waals surface area contributed by atoms with Crippen molar-refractivity contribution >= 4 is 86.8 Å². The Balaban J connectivity index is 1.23. The van der Waals surface area contributed by atoms with Crippen LogP contribution in [-0.2, 0) is 0 Å². The Kier molecular flexibility index (Phi) is 5.14. The van der Waals surface area contributed by atoms with Crippen LogP contribution in [0.4, 0.5) is 0 Å². The SMILES string of the molecule is c1ccc2c(c1)[nH]c1c(-c3c4ccccc4c(-c4ccc5c(c4)oc4c6ccccc6c6ccccc6c54)c4ccccc34)cccc12. The monoisotopic (exact) mass is 609 g/mol. The maximum absolute atomic E-state index is 6.83. The molecule has 222 valence electrons. The molecule has 2 aromatic heterocycles. The van der Waals surface area contributed by atoms with E-state index in [0.29, 0.717) is 0 Å². The molecule has 9 aromatic carbocycles. The summed E-state index contributed by atoms with van der Waals surface area (Å²) in [7, 11) is 0. The van der Waals surface area contributed by atoms with Gasteiger partial charge in [-0.15, -0.1) is 0 Å². The molecular weight excluding hydrogens is 583 g/mol. The lowest BCUT2D eigenvalue weighted by Gasteiger charge is -2.18. The number of aromatic amines is 1. The fourth-order valence-corrected chi connectivity index (χ4v) is 8.37. The van der Waals surface area contributed by atoms with Gasteiger partial charge in [0.05, 0.1) is 5.52 Å². The first-order valence-corrected chi connectivity index (χ1v) is 16.5. The summed E-state index contributed by atoms with van der Waals surface area (Å²) in [5, 5.41) is 14.6. The summed E-state index contributed by atoms with van der Waals surface area (Å²) in [6, 6.07) is 57.1. The van der Waals surface area contributed by atoms with Gasteiger partial charge in [-0.3, -0.25) is 0 Å². The number of nitrogens with one attached hydrogen (secondary N) is 1. The van der Waals surface area contributed by atoms with Gasteiger partial charge in [0.1, 0.15) is 11.2 Å². The van der Waals surface area contributed by atoms with Gasteiger partial charge in [0, 0.05) is 38.0 Å². The number of hydrogen-bond donors (Lipinski definition) is 1. The van der Waals surface area contributed by atoms with E-state index >= 15 is 0 Å². The van der Waals surface area contributed by atoms with Gasteiger partial charge < -0.3 is 9.40 Å². The molecule has 0 saturated carbocycles. The van der Waals surface area contributed by atoms with E-state index in [2.05, 4.69) is 163 Å². The summed E-state index contributed by atoms with van der Waals surface area (Å²) in [6.07, 6.45) is 0.